The number of benzene rings is 2. The molecule has 2 aromatic rings. The number of carbonyl (C=O) groups excluding carboxylic acids is 3. The van der Waals surface area contributed by atoms with Crippen LogP contribution in [-0.4, -0.2) is 50.2 Å². The summed E-state index contributed by atoms with van der Waals surface area (Å²) < 4.78 is 31.9. The van der Waals surface area contributed by atoms with Crippen molar-refractivity contribution in [1.29, 1.82) is 0 Å². The lowest BCUT2D eigenvalue weighted by atomic mass is 10.2. The smallest absolute Gasteiger partial charge is 0.337 e. The van der Waals surface area contributed by atoms with E-state index in [4.69, 9.17) is 11.6 Å². The zero-order chi connectivity index (χ0) is 22.8. The minimum absolute atomic E-state index is 0.0557. The molecule has 0 radical (unpaired) electrons. The van der Waals surface area contributed by atoms with Crippen LogP contribution in [0.3, 0.4) is 0 Å². The van der Waals surface area contributed by atoms with Gasteiger partial charge in [0.05, 0.1) is 29.7 Å². The number of hydrogen-bond donors (Lipinski definition) is 0. The Labute approximate surface area is 184 Å². The number of sulfonamides is 1. The molecule has 8 nitrogen and oxygen atoms in total. The van der Waals surface area contributed by atoms with Crippen molar-refractivity contribution in [2.45, 2.75) is 17.4 Å². The predicted octanol–water partition coefficient (Wildman–Crippen LogP) is 2.64. The minimum Gasteiger partial charge on any atom is -0.465 e. The Bertz CT molecular complexity index is 1130. The largest absolute Gasteiger partial charge is 0.465 e. The Morgan fingerprint density at radius 3 is 2.35 bits per heavy atom. The molecule has 2 amide bonds. The highest BCUT2D eigenvalue weighted by molar-refractivity contribution is 7.89. The van der Waals surface area contributed by atoms with Crippen LogP contribution in [0.4, 0.5) is 5.69 Å². The van der Waals surface area contributed by atoms with E-state index in [0.717, 1.165) is 9.21 Å². The average molecular weight is 463 g/mol. The first kappa shape index (κ1) is 22.7. The van der Waals surface area contributed by atoms with Crippen LogP contribution in [0.2, 0.25) is 5.02 Å². The summed E-state index contributed by atoms with van der Waals surface area (Å²) >= 11 is 5.84. The predicted molar refractivity (Wildman–Crippen MR) is 114 cm³/mol. The summed E-state index contributed by atoms with van der Waals surface area (Å²) in [5, 5.41) is 0.364. The number of rotatable bonds is 7. The van der Waals surface area contributed by atoms with Gasteiger partial charge in [-0.15, -0.1) is 6.58 Å². The molecule has 162 valence electrons. The lowest BCUT2D eigenvalue weighted by Gasteiger charge is -2.25. The molecule has 10 heteroatoms. The summed E-state index contributed by atoms with van der Waals surface area (Å²) in [6.45, 7) is 3.40. The van der Waals surface area contributed by atoms with E-state index < -0.39 is 33.8 Å². The topological polar surface area (TPSA) is 101 Å². The molecule has 1 atom stereocenters. The average Bonchev–Trinajstić information content (AvgIpc) is 3.05. The van der Waals surface area contributed by atoms with Crippen molar-refractivity contribution < 1.29 is 27.5 Å². The molecule has 31 heavy (non-hydrogen) atoms. The number of ether oxygens (including phenoxy) is 1. The van der Waals surface area contributed by atoms with E-state index in [1.165, 1.54) is 61.7 Å². The fraction of sp³-hybridized carbons (Fsp3) is 0.190. The molecule has 0 bridgehead atoms. The summed E-state index contributed by atoms with van der Waals surface area (Å²) in [6.07, 6.45) is 1.03. The summed E-state index contributed by atoms with van der Waals surface area (Å²) in [5.74, 6) is -1.80. The van der Waals surface area contributed by atoms with Crippen LogP contribution >= 0.6 is 11.6 Å². The molecular formula is C21H19ClN2O6S. The maximum absolute atomic E-state index is 13.2. The molecule has 0 N–H and O–H groups in total. The van der Waals surface area contributed by atoms with Gasteiger partial charge in [0.1, 0.15) is 6.04 Å². The number of nitrogens with zero attached hydrogens (tertiary/aromatic N) is 2. The van der Waals surface area contributed by atoms with Crippen molar-refractivity contribution in [3.63, 3.8) is 0 Å². The lowest BCUT2D eigenvalue weighted by Crippen LogP contribution is -2.45. The number of anilines is 1. The lowest BCUT2D eigenvalue weighted by molar-refractivity contribution is -0.122. The number of imide groups is 1. The quantitative estimate of drug-likeness (QED) is 0.356. The Kier molecular flexibility index (Phi) is 6.59. The molecule has 1 aliphatic heterocycles. The highest BCUT2D eigenvalue weighted by Gasteiger charge is 2.46. The molecule has 1 unspecified atom stereocenters. The van der Waals surface area contributed by atoms with E-state index in [1.54, 1.807) is 0 Å². The summed E-state index contributed by atoms with van der Waals surface area (Å²) in [4.78, 5) is 38.2. The first-order valence-electron chi connectivity index (χ1n) is 9.14. The highest BCUT2D eigenvalue weighted by atomic mass is 35.5. The van der Waals surface area contributed by atoms with Crippen LogP contribution in [0.25, 0.3) is 0 Å². The Morgan fingerprint density at radius 2 is 1.81 bits per heavy atom. The molecule has 0 aromatic heterocycles. The van der Waals surface area contributed by atoms with Gasteiger partial charge in [-0.05, 0) is 48.5 Å². The maximum atomic E-state index is 13.2. The molecule has 1 heterocycles. The van der Waals surface area contributed by atoms with Gasteiger partial charge in [-0.2, -0.15) is 4.31 Å². The number of amides is 2. The van der Waals surface area contributed by atoms with Crippen LogP contribution < -0.4 is 4.90 Å². The van der Waals surface area contributed by atoms with Crippen molar-refractivity contribution in [2.75, 3.05) is 18.6 Å². The molecule has 0 aliphatic carbocycles. The Morgan fingerprint density at radius 1 is 1.19 bits per heavy atom. The van der Waals surface area contributed by atoms with Gasteiger partial charge in [0.25, 0.3) is 5.91 Å². The zero-order valence-electron chi connectivity index (χ0n) is 16.5. The fourth-order valence-electron chi connectivity index (χ4n) is 3.24. The van der Waals surface area contributed by atoms with E-state index >= 15 is 0 Å². The Hall–Kier alpha value is -3.01. The number of methoxy groups -OCH3 is 1. The first-order valence-corrected chi connectivity index (χ1v) is 11.0. The molecule has 1 saturated heterocycles. The molecule has 0 saturated carbocycles. The monoisotopic (exact) mass is 462 g/mol. The summed E-state index contributed by atoms with van der Waals surface area (Å²) in [5.41, 5.74) is 0.480. The minimum atomic E-state index is -4.10. The summed E-state index contributed by atoms with van der Waals surface area (Å²) in [6, 6.07) is 9.98. The van der Waals surface area contributed by atoms with Gasteiger partial charge in [-0.1, -0.05) is 17.7 Å². The highest BCUT2D eigenvalue weighted by Crippen LogP contribution is 2.30. The number of hydrogen-bond acceptors (Lipinski definition) is 6. The molecule has 2 aromatic carbocycles. The van der Waals surface area contributed by atoms with Crippen molar-refractivity contribution in [3.05, 3.63) is 71.8 Å². The summed E-state index contributed by atoms with van der Waals surface area (Å²) in [7, 11) is -2.86. The van der Waals surface area contributed by atoms with Crippen LogP contribution in [0, 0.1) is 0 Å². The van der Waals surface area contributed by atoms with Gasteiger partial charge in [-0.25, -0.2) is 18.1 Å². The van der Waals surface area contributed by atoms with Crippen LogP contribution in [0.15, 0.2) is 66.1 Å². The van der Waals surface area contributed by atoms with Crippen LogP contribution in [0.5, 0.6) is 0 Å². The van der Waals surface area contributed by atoms with E-state index in [2.05, 4.69) is 11.3 Å². The van der Waals surface area contributed by atoms with Gasteiger partial charge in [-0.3, -0.25) is 9.59 Å². The number of carbonyl (C=O) groups is 3. The normalized spacial score (nSPS) is 16.6. The van der Waals surface area contributed by atoms with Gasteiger partial charge in [0.2, 0.25) is 15.9 Å². The standard InChI is InChI=1S/C21H19ClN2O6S/c1-3-12-23(31(28,29)17-10-6-15(22)7-11-17)18-13-19(25)24(20(18)26)16-8-4-14(5-9-16)21(27)30-2/h3-11,18H,1,12-13H2,2H3. The maximum Gasteiger partial charge on any atom is 0.337 e. The van der Waals surface area contributed by atoms with Crippen molar-refractivity contribution in [2.24, 2.45) is 0 Å². The van der Waals surface area contributed by atoms with Crippen molar-refractivity contribution in [3.8, 4) is 0 Å². The van der Waals surface area contributed by atoms with Crippen molar-refractivity contribution in [1.82, 2.24) is 4.31 Å². The van der Waals surface area contributed by atoms with Gasteiger partial charge in [0.15, 0.2) is 0 Å². The van der Waals surface area contributed by atoms with E-state index in [1.807, 2.05) is 0 Å². The first-order chi connectivity index (χ1) is 14.7. The van der Waals surface area contributed by atoms with Gasteiger partial charge < -0.3 is 4.74 Å². The second-order valence-electron chi connectivity index (χ2n) is 6.64. The second kappa shape index (κ2) is 9.01. The van der Waals surface area contributed by atoms with E-state index in [0.29, 0.717) is 5.02 Å². The third-order valence-electron chi connectivity index (χ3n) is 4.75. The molecule has 1 fully saturated rings. The third kappa shape index (κ3) is 4.39. The SMILES string of the molecule is C=CCN(C1CC(=O)N(c2ccc(C(=O)OC)cc2)C1=O)S(=O)(=O)c1ccc(Cl)cc1. The van der Waals surface area contributed by atoms with E-state index in [-0.39, 0.29) is 29.1 Å². The molecule has 0 spiro atoms. The van der Waals surface area contributed by atoms with Gasteiger partial charge >= 0.3 is 5.97 Å². The van der Waals surface area contributed by atoms with Crippen LogP contribution in [0.1, 0.15) is 16.8 Å². The van der Waals surface area contributed by atoms with Crippen LogP contribution in [-0.2, 0) is 24.3 Å². The molecular weight excluding hydrogens is 444 g/mol. The fourth-order valence-corrected chi connectivity index (χ4v) is 4.92. The van der Waals surface area contributed by atoms with E-state index in [9.17, 15) is 22.8 Å². The zero-order valence-corrected chi connectivity index (χ0v) is 18.1. The molecule has 3 rings (SSSR count). The van der Waals surface area contributed by atoms with Gasteiger partial charge in [0, 0.05) is 11.6 Å². The number of esters is 1. The third-order valence-corrected chi connectivity index (χ3v) is 6.89. The number of halogens is 1. The Balaban J connectivity index is 1.93. The second-order valence-corrected chi connectivity index (χ2v) is 8.97. The molecule has 1 aliphatic rings. The van der Waals surface area contributed by atoms with Crippen molar-refractivity contribution >= 4 is 45.1 Å².